The first-order chi connectivity index (χ1) is 6.50. The summed E-state index contributed by atoms with van der Waals surface area (Å²) in [4.78, 5) is 0.213. The summed E-state index contributed by atoms with van der Waals surface area (Å²) < 4.78 is 23.2. The van der Waals surface area contributed by atoms with Crippen LogP contribution >= 0.6 is 0 Å². The van der Waals surface area contributed by atoms with Crippen molar-refractivity contribution in [1.29, 1.82) is 0 Å². The Morgan fingerprint density at radius 1 is 1.43 bits per heavy atom. The van der Waals surface area contributed by atoms with E-state index in [0.29, 0.717) is 11.3 Å². The Labute approximate surface area is 82.3 Å². The zero-order valence-electron chi connectivity index (χ0n) is 7.47. The van der Waals surface area contributed by atoms with Crippen LogP contribution in [-0.2, 0) is 9.84 Å². The molecule has 5 heteroatoms. The monoisotopic (exact) mass is 213 g/mol. The molecule has 0 fully saturated rings. The standard InChI is InChI=1S/C9H11NO3S/c10-6-1-2-9-7(5-6)8(11)3-4-14(9,12)13/h1-2,5,8,11H,3-4,10H2. The van der Waals surface area contributed by atoms with Crippen molar-refractivity contribution < 1.29 is 13.5 Å². The van der Waals surface area contributed by atoms with E-state index in [0.717, 1.165) is 0 Å². The van der Waals surface area contributed by atoms with Gasteiger partial charge < -0.3 is 10.8 Å². The fraction of sp³-hybridized carbons (Fsp3) is 0.333. The SMILES string of the molecule is Nc1ccc2c(c1)C(O)CCS2(=O)=O. The van der Waals surface area contributed by atoms with E-state index in [4.69, 9.17) is 5.73 Å². The summed E-state index contributed by atoms with van der Waals surface area (Å²) in [5.41, 5.74) is 6.43. The Balaban J connectivity index is 2.69. The van der Waals surface area contributed by atoms with Gasteiger partial charge in [-0.05, 0) is 24.6 Å². The fourth-order valence-electron chi connectivity index (χ4n) is 1.64. The van der Waals surface area contributed by atoms with Crippen molar-refractivity contribution in [1.82, 2.24) is 0 Å². The van der Waals surface area contributed by atoms with E-state index in [-0.39, 0.29) is 17.1 Å². The zero-order valence-corrected chi connectivity index (χ0v) is 8.29. The second-order valence-electron chi connectivity index (χ2n) is 3.42. The lowest BCUT2D eigenvalue weighted by Crippen LogP contribution is -2.20. The van der Waals surface area contributed by atoms with Crippen LogP contribution in [0.4, 0.5) is 5.69 Å². The minimum atomic E-state index is -3.21. The number of nitrogens with two attached hydrogens (primary N) is 1. The third-order valence-corrected chi connectivity index (χ3v) is 4.20. The molecule has 0 saturated carbocycles. The Morgan fingerprint density at radius 2 is 2.14 bits per heavy atom. The average molecular weight is 213 g/mol. The lowest BCUT2D eigenvalue weighted by Gasteiger charge is -2.21. The molecule has 1 aromatic rings. The highest BCUT2D eigenvalue weighted by Crippen LogP contribution is 2.32. The number of sulfone groups is 1. The number of benzene rings is 1. The topological polar surface area (TPSA) is 80.4 Å². The van der Waals surface area contributed by atoms with Crippen molar-refractivity contribution in [3.8, 4) is 0 Å². The Hall–Kier alpha value is -1.07. The maximum atomic E-state index is 11.6. The summed E-state index contributed by atoms with van der Waals surface area (Å²) in [6, 6.07) is 4.52. The van der Waals surface area contributed by atoms with Gasteiger partial charge in [-0.3, -0.25) is 0 Å². The van der Waals surface area contributed by atoms with Crippen LogP contribution in [0.25, 0.3) is 0 Å². The van der Waals surface area contributed by atoms with Crippen LogP contribution in [0, 0.1) is 0 Å². The molecule has 0 radical (unpaired) electrons. The van der Waals surface area contributed by atoms with Crippen molar-refractivity contribution in [2.75, 3.05) is 11.5 Å². The minimum absolute atomic E-state index is 0.00504. The Kier molecular flexibility index (Phi) is 2.01. The van der Waals surface area contributed by atoms with E-state index in [1.54, 1.807) is 0 Å². The van der Waals surface area contributed by atoms with Gasteiger partial charge in [-0.1, -0.05) is 0 Å². The van der Waals surface area contributed by atoms with Crippen molar-refractivity contribution in [2.45, 2.75) is 17.4 Å². The van der Waals surface area contributed by atoms with Crippen molar-refractivity contribution in [3.05, 3.63) is 23.8 Å². The van der Waals surface area contributed by atoms with Gasteiger partial charge in [-0.25, -0.2) is 8.42 Å². The summed E-state index contributed by atoms with van der Waals surface area (Å²) in [5, 5.41) is 9.60. The second kappa shape index (κ2) is 2.96. The largest absolute Gasteiger partial charge is 0.399 e. The van der Waals surface area contributed by atoms with Gasteiger partial charge >= 0.3 is 0 Å². The molecule has 1 aliphatic heterocycles. The number of fused-ring (bicyclic) bond motifs is 1. The molecule has 14 heavy (non-hydrogen) atoms. The van der Waals surface area contributed by atoms with Crippen LogP contribution in [-0.4, -0.2) is 19.3 Å². The number of hydrogen-bond acceptors (Lipinski definition) is 4. The number of anilines is 1. The van der Waals surface area contributed by atoms with E-state index in [9.17, 15) is 13.5 Å². The number of nitrogen functional groups attached to an aromatic ring is 1. The van der Waals surface area contributed by atoms with Crippen LogP contribution in [0.2, 0.25) is 0 Å². The maximum Gasteiger partial charge on any atom is 0.178 e. The minimum Gasteiger partial charge on any atom is -0.399 e. The first-order valence-corrected chi connectivity index (χ1v) is 5.96. The summed E-state index contributed by atoms with van der Waals surface area (Å²) >= 11 is 0. The first kappa shape index (κ1) is 9.48. The van der Waals surface area contributed by atoms with Gasteiger partial charge in [0.2, 0.25) is 0 Å². The third-order valence-electron chi connectivity index (χ3n) is 2.39. The van der Waals surface area contributed by atoms with Crippen LogP contribution in [0.5, 0.6) is 0 Å². The fourth-order valence-corrected chi connectivity index (χ4v) is 3.23. The molecule has 1 heterocycles. The Morgan fingerprint density at radius 3 is 2.86 bits per heavy atom. The van der Waals surface area contributed by atoms with Crippen LogP contribution in [0.1, 0.15) is 18.1 Å². The highest BCUT2D eigenvalue weighted by Gasteiger charge is 2.28. The van der Waals surface area contributed by atoms with Gasteiger partial charge in [0.1, 0.15) is 0 Å². The number of hydrogen-bond donors (Lipinski definition) is 2. The maximum absolute atomic E-state index is 11.6. The molecule has 3 N–H and O–H groups in total. The van der Waals surface area contributed by atoms with Crippen LogP contribution in [0.3, 0.4) is 0 Å². The number of aliphatic hydroxyl groups excluding tert-OH is 1. The summed E-state index contributed by atoms with van der Waals surface area (Å²) in [7, 11) is -3.21. The average Bonchev–Trinajstić information content (AvgIpc) is 2.12. The van der Waals surface area contributed by atoms with Gasteiger partial charge in [0, 0.05) is 11.3 Å². The van der Waals surface area contributed by atoms with Crippen molar-refractivity contribution in [2.24, 2.45) is 0 Å². The van der Waals surface area contributed by atoms with Crippen molar-refractivity contribution in [3.63, 3.8) is 0 Å². The van der Waals surface area contributed by atoms with E-state index in [1.165, 1.54) is 18.2 Å². The third kappa shape index (κ3) is 1.38. The Bertz CT molecular complexity index is 467. The summed E-state index contributed by atoms with van der Waals surface area (Å²) in [6.45, 7) is 0. The summed E-state index contributed by atoms with van der Waals surface area (Å²) in [5.74, 6) is 0.00504. The second-order valence-corrected chi connectivity index (χ2v) is 5.50. The molecule has 0 saturated heterocycles. The molecule has 0 aliphatic carbocycles. The van der Waals surface area contributed by atoms with Crippen molar-refractivity contribution >= 4 is 15.5 Å². The normalized spacial score (nSPS) is 24.2. The van der Waals surface area contributed by atoms with Gasteiger partial charge in [0.25, 0.3) is 0 Å². The molecule has 4 nitrogen and oxygen atoms in total. The summed E-state index contributed by atoms with van der Waals surface area (Å²) in [6.07, 6.45) is -0.462. The molecule has 0 spiro atoms. The van der Waals surface area contributed by atoms with E-state index >= 15 is 0 Å². The lowest BCUT2D eigenvalue weighted by molar-refractivity contribution is 0.168. The molecular formula is C9H11NO3S. The molecule has 1 unspecified atom stereocenters. The van der Waals surface area contributed by atoms with Gasteiger partial charge in [0.15, 0.2) is 9.84 Å². The van der Waals surface area contributed by atoms with Gasteiger partial charge in [-0.2, -0.15) is 0 Å². The smallest absolute Gasteiger partial charge is 0.178 e. The lowest BCUT2D eigenvalue weighted by atomic mass is 10.1. The molecule has 0 bridgehead atoms. The van der Waals surface area contributed by atoms with Gasteiger partial charge in [0.05, 0.1) is 16.8 Å². The van der Waals surface area contributed by atoms with Crippen LogP contribution in [0.15, 0.2) is 23.1 Å². The molecule has 1 atom stereocenters. The molecular weight excluding hydrogens is 202 g/mol. The number of aliphatic hydroxyl groups is 1. The molecule has 0 aromatic heterocycles. The van der Waals surface area contributed by atoms with E-state index < -0.39 is 15.9 Å². The molecule has 1 aliphatic rings. The van der Waals surface area contributed by atoms with Gasteiger partial charge in [-0.15, -0.1) is 0 Å². The predicted molar refractivity (Wildman–Crippen MR) is 52.5 cm³/mol. The molecule has 0 amide bonds. The van der Waals surface area contributed by atoms with Crippen LogP contribution < -0.4 is 5.73 Å². The first-order valence-electron chi connectivity index (χ1n) is 4.31. The molecule has 76 valence electrons. The molecule has 2 rings (SSSR count). The molecule has 1 aromatic carbocycles. The predicted octanol–water partition coefficient (Wildman–Crippen LogP) is 0.480. The highest BCUT2D eigenvalue weighted by molar-refractivity contribution is 7.91. The number of rotatable bonds is 0. The zero-order chi connectivity index (χ0) is 10.3. The van der Waals surface area contributed by atoms with E-state index in [2.05, 4.69) is 0 Å². The quantitative estimate of drug-likeness (QED) is 0.614. The highest BCUT2D eigenvalue weighted by atomic mass is 32.2. The van der Waals surface area contributed by atoms with E-state index in [1.807, 2.05) is 0 Å².